The minimum absolute atomic E-state index is 0.166. The summed E-state index contributed by atoms with van der Waals surface area (Å²) >= 11 is 0. The van der Waals surface area contributed by atoms with Crippen LogP contribution in [0, 0.1) is 11.8 Å². The summed E-state index contributed by atoms with van der Waals surface area (Å²) in [5.41, 5.74) is 0. The van der Waals surface area contributed by atoms with Crippen LogP contribution < -0.4 is 5.32 Å². The van der Waals surface area contributed by atoms with E-state index in [-0.39, 0.29) is 5.91 Å². The molecule has 4 heteroatoms. The van der Waals surface area contributed by atoms with Gasteiger partial charge in [0.05, 0.1) is 12.6 Å². The van der Waals surface area contributed by atoms with Gasteiger partial charge in [-0.05, 0) is 44.6 Å². The Morgan fingerprint density at radius 2 is 2.00 bits per heavy atom. The lowest BCUT2D eigenvalue weighted by Crippen LogP contribution is -2.47. The maximum atomic E-state index is 12.2. The van der Waals surface area contributed by atoms with Crippen molar-refractivity contribution in [1.29, 1.82) is 0 Å². The van der Waals surface area contributed by atoms with Crippen molar-refractivity contribution in [2.24, 2.45) is 11.8 Å². The minimum Gasteiger partial charge on any atom is -0.377 e. The van der Waals surface area contributed by atoms with Crippen LogP contribution >= 0.6 is 0 Å². The fraction of sp³-hybridized carbons (Fsp3) is 0.941. The number of amides is 1. The average molecular weight is 296 g/mol. The first-order valence-electron chi connectivity index (χ1n) is 8.65. The molecule has 4 nitrogen and oxygen atoms in total. The molecule has 0 aromatic rings. The fourth-order valence-electron chi connectivity index (χ4n) is 3.65. The molecule has 0 spiro atoms. The molecule has 1 amide bonds. The van der Waals surface area contributed by atoms with Crippen LogP contribution in [0.25, 0.3) is 0 Å². The Hall–Kier alpha value is -0.610. The van der Waals surface area contributed by atoms with Crippen molar-refractivity contribution in [3.05, 3.63) is 0 Å². The largest absolute Gasteiger partial charge is 0.377 e. The average Bonchev–Trinajstić information content (AvgIpc) is 2.44. The Kier molecular flexibility index (Phi) is 6.49. The van der Waals surface area contributed by atoms with Gasteiger partial charge in [-0.15, -0.1) is 0 Å². The molecule has 1 aliphatic carbocycles. The zero-order valence-corrected chi connectivity index (χ0v) is 13.9. The van der Waals surface area contributed by atoms with Crippen LogP contribution in [0.2, 0.25) is 0 Å². The van der Waals surface area contributed by atoms with E-state index < -0.39 is 0 Å². The summed E-state index contributed by atoms with van der Waals surface area (Å²) in [6, 6.07) is 0.362. The van der Waals surface area contributed by atoms with Crippen LogP contribution in [0.5, 0.6) is 0 Å². The van der Waals surface area contributed by atoms with E-state index in [9.17, 15) is 4.79 Å². The molecule has 0 bridgehead atoms. The highest BCUT2D eigenvalue weighted by molar-refractivity contribution is 5.78. The maximum absolute atomic E-state index is 12.2. The molecule has 4 atom stereocenters. The van der Waals surface area contributed by atoms with Gasteiger partial charge in [0.25, 0.3) is 0 Å². The van der Waals surface area contributed by atoms with E-state index in [0.29, 0.717) is 24.6 Å². The first-order chi connectivity index (χ1) is 10.1. The van der Waals surface area contributed by atoms with E-state index >= 15 is 0 Å². The Morgan fingerprint density at radius 3 is 2.71 bits per heavy atom. The van der Waals surface area contributed by atoms with Gasteiger partial charge in [-0.25, -0.2) is 0 Å². The third kappa shape index (κ3) is 5.26. The first-order valence-corrected chi connectivity index (χ1v) is 8.65. The molecule has 0 aromatic heterocycles. The predicted octanol–water partition coefficient (Wildman–Crippen LogP) is 2.43. The smallest absolute Gasteiger partial charge is 0.234 e. The molecule has 4 unspecified atom stereocenters. The summed E-state index contributed by atoms with van der Waals surface area (Å²) < 4.78 is 5.74. The van der Waals surface area contributed by atoms with Crippen LogP contribution in [-0.4, -0.2) is 49.7 Å². The van der Waals surface area contributed by atoms with Crippen molar-refractivity contribution in [2.75, 3.05) is 26.7 Å². The molecular weight excluding hydrogens is 264 g/mol. The van der Waals surface area contributed by atoms with Crippen molar-refractivity contribution in [3.8, 4) is 0 Å². The van der Waals surface area contributed by atoms with Gasteiger partial charge in [-0.1, -0.05) is 26.7 Å². The molecule has 2 rings (SSSR count). The summed E-state index contributed by atoms with van der Waals surface area (Å²) in [6.07, 6.45) is 7.54. The summed E-state index contributed by atoms with van der Waals surface area (Å²) in [4.78, 5) is 14.3. The topological polar surface area (TPSA) is 41.6 Å². The standard InChI is InChI=1S/C17H32N2O2/c1-13-7-6-9-16(14(13)2)18-17(20)12-19(3)11-15-8-4-5-10-21-15/h13-16H,4-12H2,1-3H3,(H,18,20). The highest BCUT2D eigenvalue weighted by Crippen LogP contribution is 2.29. The van der Waals surface area contributed by atoms with E-state index in [0.717, 1.165) is 31.9 Å². The Balaban J connectivity index is 1.70. The van der Waals surface area contributed by atoms with Gasteiger partial charge in [0.2, 0.25) is 5.91 Å². The van der Waals surface area contributed by atoms with E-state index in [1.54, 1.807) is 0 Å². The molecule has 1 N–H and O–H groups in total. The quantitative estimate of drug-likeness (QED) is 0.847. The SMILES string of the molecule is CC1CCCC(NC(=O)CN(C)CC2CCCCO2)C1C. The van der Waals surface area contributed by atoms with E-state index in [1.807, 2.05) is 7.05 Å². The number of rotatable bonds is 5. The fourth-order valence-corrected chi connectivity index (χ4v) is 3.65. The van der Waals surface area contributed by atoms with Crippen LogP contribution in [0.15, 0.2) is 0 Å². The molecule has 1 saturated heterocycles. The maximum Gasteiger partial charge on any atom is 0.234 e. The highest BCUT2D eigenvalue weighted by atomic mass is 16.5. The number of carbonyl (C=O) groups is 1. The molecular formula is C17H32N2O2. The normalized spacial score (nSPS) is 33.9. The molecule has 1 heterocycles. The van der Waals surface area contributed by atoms with Crippen LogP contribution in [0.4, 0.5) is 0 Å². The second kappa shape index (κ2) is 8.14. The first kappa shape index (κ1) is 16.8. The number of nitrogens with one attached hydrogen (secondary N) is 1. The van der Waals surface area contributed by atoms with Crippen molar-refractivity contribution in [3.63, 3.8) is 0 Å². The Labute approximate surface area is 129 Å². The predicted molar refractivity (Wildman–Crippen MR) is 85.2 cm³/mol. The van der Waals surface area contributed by atoms with Crippen LogP contribution in [0.1, 0.15) is 52.4 Å². The summed E-state index contributed by atoms with van der Waals surface area (Å²) in [5.74, 6) is 1.48. The van der Waals surface area contributed by atoms with Gasteiger partial charge in [0.15, 0.2) is 0 Å². The number of likely N-dealkylation sites (N-methyl/N-ethyl adjacent to an activating group) is 1. The molecule has 2 aliphatic rings. The summed E-state index contributed by atoms with van der Waals surface area (Å²) in [5, 5.41) is 3.25. The van der Waals surface area contributed by atoms with Crippen molar-refractivity contribution < 1.29 is 9.53 Å². The van der Waals surface area contributed by atoms with Gasteiger partial charge >= 0.3 is 0 Å². The van der Waals surface area contributed by atoms with Crippen molar-refractivity contribution in [2.45, 2.75) is 64.5 Å². The zero-order valence-electron chi connectivity index (χ0n) is 13.9. The monoisotopic (exact) mass is 296 g/mol. The van der Waals surface area contributed by atoms with Gasteiger partial charge in [-0.2, -0.15) is 0 Å². The zero-order chi connectivity index (χ0) is 15.2. The molecule has 21 heavy (non-hydrogen) atoms. The highest BCUT2D eigenvalue weighted by Gasteiger charge is 2.28. The van der Waals surface area contributed by atoms with Gasteiger partial charge in [0.1, 0.15) is 0 Å². The lowest BCUT2D eigenvalue weighted by atomic mass is 9.78. The molecule has 2 fully saturated rings. The number of ether oxygens (including phenoxy) is 1. The van der Waals surface area contributed by atoms with Gasteiger partial charge < -0.3 is 10.1 Å². The third-order valence-electron chi connectivity index (χ3n) is 5.26. The molecule has 122 valence electrons. The number of hydrogen-bond donors (Lipinski definition) is 1. The molecule has 0 radical (unpaired) electrons. The number of carbonyl (C=O) groups excluding carboxylic acids is 1. The van der Waals surface area contributed by atoms with Gasteiger partial charge in [-0.3, -0.25) is 9.69 Å². The van der Waals surface area contributed by atoms with Crippen LogP contribution in [-0.2, 0) is 9.53 Å². The number of nitrogens with zero attached hydrogens (tertiary/aromatic N) is 1. The summed E-state index contributed by atoms with van der Waals surface area (Å²) in [7, 11) is 2.02. The van der Waals surface area contributed by atoms with Crippen molar-refractivity contribution >= 4 is 5.91 Å². The van der Waals surface area contributed by atoms with E-state index in [4.69, 9.17) is 4.74 Å². The third-order valence-corrected chi connectivity index (χ3v) is 5.26. The van der Waals surface area contributed by atoms with Crippen LogP contribution in [0.3, 0.4) is 0 Å². The second-order valence-corrected chi connectivity index (χ2v) is 7.13. The lowest BCUT2D eigenvalue weighted by Gasteiger charge is -2.35. The molecule has 1 saturated carbocycles. The van der Waals surface area contributed by atoms with E-state index in [1.165, 1.54) is 25.7 Å². The van der Waals surface area contributed by atoms with Crippen molar-refractivity contribution in [1.82, 2.24) is 10.2 Å². The Bertz CT molecular complexity index is 329. The van der Waals surface area contributed by atoms with Gasteiger partial charge in [0, 0.05) is 19.2 Å². The number of hydrogen-bond acceptors (Lipinski definition) is 3. The lowest BCUT2D eigenvalue weighted by molar-refractivity contribution is -0.123. The Morgan fingerprint density at radius 1 is 1.19 bits per heavy atom. The minimum atomic E-state index is 0.166. The van der Waals surface area contributed by atoms with E-state index in [2.05, 4.69) is 24.1 Å². The molecule has 0 aromatic carbocycles. The molecule has 1 aliphatic heterocycles. The summed E-state index contributed by atoms with van der Waals surface area (Å²) in [6.45, 7) is 6.80. The second-order valence-electron chi connectivity index (χ2n) is 7.13.